The predicted molar refractivity (Wildman–Crippen MR) is 74.4 cm³/mol. The molecule has 2 unspecified atom stereocenters. The molecule has 18 heavy (non-hydrogen) atoms. The van der Waals surface area contributed by atoms with Crippen molar-refractivity contribution in [1.82, 2.24) is 14.8 Å². The molecule has 0 aromatic carbocycles. The van der Waals surface area contributed by atoms with Crippen LogP contribution in [0.1, 0.15) is 31.5 Å². The Bertz CT molecular complexity index is 379. The fourth-order valence-corrected chi connectivity index (χ4v) is 3.58. The molecule has 1 aromatic heterocycles. The SMILES string of the molecule is Cn1c(CCN)nnc1SCC1CCCC(N)C1. The number of thioether (sulfide) groups is 1. The lowest BCUT2D eigenvalue weighted by molar-refractivity contribution is 0.349. The maximum atomic E-state index is 6.01. The zero-order valence-electron chi connectivity index (χ0n) is 11.0. The van der Waals surface area contributed by atoms with Crippen molar-refractivity contribution in [3.05, 3.63) is 5.82 Å². The molecule has 1 aliphatic rings. The Morgan fingerprint density at radius 2 is 2.22 bits per heavy atom. The minimum absolute atomic E-state index is 0.400. The standard InChI is InChI=1S/C12H23N5S/c1-17-11(5-6-13)15-16-12(17)18-8-9-3-2-4-10(14)7-9/h9-10H,2-8,13-14H2,1H3. The molecule has 2 atom stereocenters. The van der Waals surface area contributed by atoms with E-state index in [1.165, 1.54) is 19.3 Å². The quantitative estimate of drug-likeness (QED) is 0.777. The minimum atomic E-state index is 0.400. The van der Waals surface area contributed by atoms with Crippen LogP contribution >= 0.6 is 11.8 Å². The molecule has 2 rings (SSSR count). The first-order valence-electron chi connectivity index (χ1n) is 6.67. The van der Waals surface area contributed by atoms with Gasteiger partial charge in [-0.05, 0) is 31.7 Å². The van der Waals surface area contributed by atoms with Crippen molar-refractivity contribution in [3.8, 4) is 0 Å². The number of nitrogens with two attached hydrogens (primary N) is 2. The average Bonchev–Trinajstić information content (AvgIpc) is 2.69. The van der Waals surface area contributed by atoms with Crippen LogP contribution < -0.4 is 11.5 Å². The van der Waals surface area contributed by atoms with E-state index in [2.05, 4.69) is 14.8 Å². The summed E-state index contributed by atoms with van der Waals surface area (Å²) < 4.78 is 2.06. The molecule has 1 aromatic rings. The second-order valence-electron chi connectivity index (χ2n) is 5.10. The Labute approximate surface area is 113 Å². The van der Waals surface area contributed by atoms with E-state index in [-0.39, 0.29) is 0 Å². The molecule has 0 saturated heterocycles. The van der Waals surface area contributed by atoms with Crippen LogP contribution in [0.25, 0.3) is 0 Å². The van der Waals surface area contributed by atoms with Crippen molar-refractivity contribution in [2.75, 3.05) is 12.3 Å². The van der Waals surface area contributed by atoms with Gasteiger partial charge < -0.3 is 16.0 Å². The molecular weight excluding hydrogens is 246 g/mol. The second-order valence-corrected chi connectivity index (χ2v) is 6.09. The van der Waals surface area contributed by atoms with Gasteiger partial charge in [-0.1, -0.05) is 18.2 Å². The van der Waals surface area contributed by atoms with E-state index in [0.29, 0.717) is 12.6 Å². The first-order chi connectivity index (χ1) is 8.70. The molecule has 0 aliphatic heterocycles. The van der Waals surface area contributed by atoms with Crippen molar-refractivity contribution >= 4 is 11.8 Å². The summed E-state index contributed by atoms with van der Waals surface area (Å²) in [6, 6.07) is 0.400. The molecule has 6 heteroatoms. The number of nitrogens with zero attached hydrogens (tertiary/aromatic N) is 3. The highest BCUT2D eigenvalue weighted by atomic mass is 32.2. The molecule has 102 valence electrons. The van der Waals surface area contributed by atoms with Gasteiger partial charge in [0.1, 0.15) is 5.82 Å². The Morgan fingerprint density at radius 3 is 2.94 bits per heavy atom. The largest absolute Gasteiger partial charge is 0.330 e. The van der Waals surface area contributed by atoms with Gasteiger partial charge in [-0.15, -0.1) is 10.2 Å². The van der Waals surface area contributed by atoms with E-state index in [9.17, 15) is 0 Å². The van der Waals surface area contributed by atoms with Gasteiger partial charge in [0.25, 0.3) is 0 Å². The summed E-state index contributed by atoms with van der Waals surface area (Å²) >= 11 is 1.80. The highest BCUT2D eigenvalue weighted by molar-refractivity contribution is 7.99. The van der Waals surface area contributed by atoms with E-state index >= 15 is 0 Å². The Balaban J connectivity index is 1.86. The zero-order valence-corrected chi connectivity index (χ0v) is 11.8. The van der Waals surface area contributed by atoms with Crippen molar-refractivity contribution in [3.63, 3.8) is 0 Å². The van der Waals surface area contributed by atoms with Crippen LogP contribution in [0.2, 0.25) is 0 Å². The third-order valence-corrected chi connectivity index (χ3v) is 4.82. The number of hydrogen-bond donors (Lipinski definition) is 2. The fourth-order valence-electron chi connectivity index (χ4n) is 2.49. The van der Waals surface area contributed by atoms with E-state index in [1.54, 1.807) is 11.8 Å². The number of hydrogen-bond acceptors (Lipinski definition) is 5. The van der Waals surface area contributed by atoms with Gasteiger partial charge in [-0.3, -0.25) is 0 Å². The van der Waals surface area contributed by atoms with E-state index in [1.807, 2.05) is 7.05 Å². The normalized spacial score (nSPS) is 24.4. The smallest absolute Gasteiger partial charge is 0.190 e. The molecule has 0 bridgehead atoms. The van der Waals surface area contributed by atoms with Crippen LogP contribution in [0.15, 0.2) is 5.16 Å². The van der Waals surface area contributed by atoms with Crippen LogP contribution in [0, 0.1) is 5.92 Å². The Kier molecular flexibility index (Phi) is 5.03. The second kappa shape index (κ2) is 6.54. The topological polar surface area (TPSA) is 82.8 Å². The van der Waals surface area contributed by atoms with E-state index in [0.717, 1.165) is 35.5 Å². The third kappa shape index (κ3) is 3.46. The van der Waals surface area contributed by atoms with Crippen LogP contribution in [-0.4, -0.2) is 33.1 Å². The first-order valence-corrected chi connectivity index (χ1v) is 7.66. The van der Waals surface area contributed by atoms with Gasteiger partial charge in [0.15, 0.2) is 5.16 Å². The zero-order chi connectivity index (χ0) is 13.0. The van der Waals surface area contributed by atoms with Crippen LogP contribution in [0.5, 0.6) is 0 Å². The van der Waals surface area contributed by atoms with Crippen molar-refractivity contribution in [1.29, 1.82) is 0 Å². The Morgan fingerprint density at radius 1 is 1.39 bits per heavy atom. The highest BCUT2D eigenvalue weighted by Gasteiger charge is 2.20. The lowest BCUT2D eigenvalue weighted by Gasteiger charge is -2.25. The van der Waals surface area contributed by atoms with Gasteiger partial charge in [0.05, 0.1) is 0 Å². The number of rotatable bonds is 5. The van der Waals surface area contributed by atoms with Crippen LogP contribution in [0.3, 0.4) is 0 Å². The molecule has 1 saturated carbocycles. The lowest BCUT2D eigenvalue weighted by Crippen LogP contribution is -2.28. The predicted octanol–water partition coefficient (Wildman–Crippen LogP) is 0.926. The van der Waals surface area contributed by atoms with Crippen molar-refractivity contribution in [2.24, 2.45) is 24.4 Å². The summed E-state index contributed by atoms with van der Waals surface area (Å²) in [5.74, 6) is 2.80. The summed E-state index contributed by atoms with van der Waals surface area (Å²) in [7, 11) is 2.01. The first kappa shape index (κ1) is 13.8. The fraction of sp³-hybridized carbons (Fsp3) is 0.833. The van der Waals surface area contributed by atoms with Gasteiger partial charge in [-0.2, -0.15) is 0 Å². The van der Waals surface area contributed by atoms with Gasteiger partial charge >= 0.3 is 0 Å². The lowest BCUT2D eigenvalue weighted by atomic mass is 9.87. The van der Waals surface area contributed by atoms with E-state index < -0.39 is 0 Å². The third-order valence-electron chi connectivity index (χ3n) is 3.56. The highest BCUT2D eigenvalue weighted by Crippen LogP contribution is 2.28. The molecule has 1 aliphatic carbocycles. The molecule has 4 N–H and O–H groups in total. The summed E-state index contributed by atoms with van der Waals surface area (Å²) in [6.45, 7) is 0.619. The summed E-state index contributed by atoms with van der Waals surface area (Å²) in [6.07, 6.45) is 5.70. The van der Waals surface area contributed by atoms with Gasteiger partial charge in [0.2, 0.25) is 0 Å². The van der Waals surface area contributed by atoms with Crippen molar-refractivity contribution < 1.29 is 0 Å². The molecule has 0 spiro atoms. The average molecular weight is 269 g/mol. The number of aromatic nitrogens is 3. The summed E-state index contributed by atoms with van der Waals surface area (Å²) in [5, 5.41) is 9.40. The molecule has 5 nitrogen and oxygen atoms in total. The monoisotopic (exact) mass is 269 g/mol. The molecular formula is C12H23N5S. The summed E-state index contributed by atoms with van der Waals surface area (Å²) in [4.78, 5) is 0. The molecule has 0 amide bonds. The molecule has 0 radical (unpaired) electrons. The van der Waals surface area contributed by atoms with Crippen LogP contribution in [-0.2, 0) is 13.5 Å². The maximum Gasteiger partial charge on any atom is 0.190 e. The minimum Gasteiger partial charge on any atom is -0.330 e. The van der Waals surface area contributed by atoms with Crippen molar-refractivity contribution in [2.45, 2.75) is 43.3 Å². The Hall–Kier alpha value is -0.590. The summed E-state index contributed by atoms with van der Waals surface area (Å²) in [5.41, 5.74) is 11.6. The molecule has 1 heterocycles. The van der Waals surface area contributed by atoms with E-state index in [4.69, 9.17) is 11.5 Å². The van der Waals surface area contributed by atoms with Gasteiger partial charge in [0, 0.05) is 25.3 Å². The maximum absolute atomic E-state index is 6.01. The van der Waals surface area contributed by atoms with Gasteiger partial charge in [-0.25, -0.2) is 0 Å². The molecule has 1 fully saturated rings. The van der Waals surface area contributed by atoms with Crippen LogP contribution in [0.4, 0.5) is 0 Å².